The minimum Gasteiger partial charge on any atom is -0.308 e. The molecule has 2 bridgehead atoms. The van der Waals surface area contributed by atoms with Crippen LogP contribution in [0.5, 0.6) is 0 Å². The number of aromatic nitrogens is 1. The van der Waals surface area contributed by atoms with Gasteiger partial charge in [0.1, 0.15) is 0 Å². The van der Waals surface area contributed by atoms with Crippen molar-refractivity contribution in [2.45, 2.75) is 25.4 Å². The van der Waals surface area contributed by atoms with Crippen LogP contribution >= 0.6 is 0 Å². The summed E-state index contributed by atoms with van der Waals surface area (Å²) in [5, 5.41) is 3.69. The Kier molecular flexibility index (Phi) is 2.89. The van der Waals surface area contributed by atoms with Gasteiger partial charge in [0, 0.05) is 31.5 Å². The van der Waals surface area contributed by atoms with Crippen LogP contribution in [0, 0.1) is 5.92 Å². The van der Waals surface area contributed by atoms with Gasteiger partial charge in [0.05, 0.1) is 0 Å². The average molecular weight is 217 g/mol. The van der Waals surface area contributed by atoms with Gasteiger partial charge in [0.2, 0.25) is 0 Å². The van der Waals surface area contributed by atoms with Gasteiger partial charge in [0.25, 0.3) is 0 Å². The molecule has 1 aromatic heterocycles. The van der Waals surface area contributed by atoms with Crippen LogP contribution in [0.15, 0.2) is 24.5 Å². The number of hydrogen-bond donors (Lipinski definition) is 1. The van der Waals surface area contributed by atoms with Gasteiger partial charge in [-0.05, 0) is 43.5 Å². The van der Waals surface area contributed by atoms with Crippen molar-refractivity contribution in [3.63, 3.8) is 0 Å². The quantitative estimate of drug-likeness (QED) is 0.826. The van der Waals surface area contributed by atoms with E-state index in [4.69, 9.17) is 0 Å². The van der Waals surface area contributed by atoms with Crippen molar-refractivity contribution in [3.8, 4) is 0 Å². The van der Waals surface area contributed by atoms with Crippen LogP contribution in [0.1, 0.15) is 18.4 Å². The molecule has 4 rings (SSSR count). The van der Waals surface area contributed by atoms with E-state index in [1.165, 1.54) is 38.0 Å². The lowest BCUT2D eigenvalue weighted by molar-refractivity contribution is 0.0720. The summed E-state index contributed by atoms with van der Waals surface area (Å²) in [6.45, 7) is 4.83. The SMILES string of the molecule is c1cncc(CN[C@@H]2CN3CCC2CC3)c1. The molecule has 0 aromatic carbocycles. The maximum absolute atomic E-state index is 4.15. The molecule has 0 saturated carbocycles. The van der Waals surface area contributed by atoms with Crippen molar-refractivity contribution < 1.29 is 0 Å². The molecule has 1 N–H and O–H groups in total. The zero-order valence-electron chi connectivity index (χ0n) is 9.60. The summed E-state index contributed by atoms with van der Waals surface area (Å²) in [4.78, 5) is 6.73. The van der Waals surface area contributed by atoms with Crippen molar-refractivity contribution in [2.24, 2.45) is 5.92 Å². The Morgan fingerprint density at radius 1 is 1.38 bits per heavy atom. The standard InChI is InChI=1S/C13H19N3/c1-2-11(8-14-5-1)9-15-13-10-16-6-3-12(13)4-7-16/h1-2,5,8,12-13,15H,3-4,6-7,9-10H2/t13-/m1/s1. The van der Waals surface area contributed by atoms with Crippen LogP contribution in [-0.2, 0) is 6.54 Å². The average Bonchev–Trinajstić information content (AvgIpc) is 2.39. The first-order valence-corrected chi connectivity index (χ1v) is 6.26. The Morgan fingerprint density at radius 3 is 2.88 bits per heavy atom. The smallest absolute Gasteiger partial charge is 0.0312 e. The van der Waals surface area contributed by atoms with Crippen molar-refractivity contribution in [3.05, 3.63) is 30.1 Å². The van der Waals surface area contributed by atoms with Crippen molar-refractivity contribution >= 4 is 0 Å². The molecule has 4 heterocycles. The van der Waals surface area contributed by atoms with Crippen molar-refractivity contribution in [1.82, 2.24) is 15.2 Å². The lowest BCUT2D eigenvalue weighted by atomic mass is 9.84. The summed E-state index contributed by atoms with van der Waals surface area (Å²) >= 11 is 0. The van der Waals surface area contributed by atoms with Gasteiger partial charge < -0.3 is 10.2 Å². The number of pyridine rings is 1. The second-order valence-corrected chi connectivity index (χ2v) is 4.99. The molecule has 0 spiro atoms. The Morgan fingerprint density at radius 2 is 2.25 bits per heavy atom. The second kappa shape index (κ2) is 4.52. The second-order valence-electron chi connectivity index (χ2n) is 4.99. The van der Waals surface area contributed by atoms with Crippen LogP contribution in [0.3, 0.4) is 0 Å². The first-order valence-electron chi connectivity index (χ1n) is 6.26. The summed E-state index contributed by atoms with van der Waals surface area (Å²) in [5.41, 5.74) is 1.29. The van der Waals surface area contributed by atoms with Crippen molar-refractivity contribution in [1.29, 1.82) is 0 Å². The fraction of sp³-hybridized carbons (Fsp3) is 0.615. The molecule has 3 fully saturated rings. The van der Waals surface area contributed by atoms with E-state index in [0.717, 1.165) is 12.5 Å². The maximum atomic E-state index is 4.15. The third kappa shape index (κ3) is 2.11. The summed E-state index contributed by atoms with van der Waals surface area (Å²) in [5.74, 6) is 0.904. The molecule has 1 atom stereocenters. The topological polar surface area (TPSA) is 28.2 Å². The van der Waals surface area contributed by atoms with E-state index in [0.29, 0.717) is 6.04 Å². The number of piperidine rings is 3. The lowest BCUT2D eigenvalue weighted by Gasteiger charge is -2.45. The minimum atomic E-state index is 0.697. The van der Waals surface area contributed by atoms with Gasteiger partial charge in [-0.1, -0.05) is 6.07 Å². The largest absolute Gasteiger partial charge is 0.308 e. The Labute approximate surface area is 96.9 Å². The van der Waals surface area contributed by atoms with Crippen LogP contribution in [0.25, 0.3) is 0 Å². The van der Waals surface area contributed by atoms with Crippen LogP contribution in [0.2, 0.25) is 0 Å². The predicted octanol–water partition coefficient (Wildman–Crippen LogP) is 1.27. The summed E-state index contributed by atoms with van der Waals surface area (Å²) in [7, 11) is 0. The van der Waals surface area contributed by atoms with E-state index >= 15 is 0 Å². The maximum Gasteiger partial charge on any atom is 0.0312 e. The summed E-state index contributed by atoms with van der Waals surface area (Å²) in [6.07, 6.45) is 6.54. The first-order chi connectivity index (χ1) is 7.92. The highest BCUT2D eigenvalue weighted by Crippen LogP contribution is 2.27. The number of fused-ring (bicyclic) bond motifs is 3. The molecule has 3 heteroatoms. The van der Waals surface area contributed by atoms with Gasteiger partial charge in [-0.25, -0.2) is 0 Å². The third-order valence-corrected chi connectivity index (χ3v) is 3.95. The molecular weight excluding hydrogens is 198 g/mol. The highest BCUT2D eigenvalue weighted by Gasteiger charge is 2.33. The molecule has 0 amide bonds. The summed E-state index contributed by atoms with van der Waals surface area (Å²) < 4.78 is 0. The minimum absolute atomic E-state index is 0.697. The molecule has 16 heavy (non-hydrogen) atoms. The fourth-order valence-corrected chi connectivity index (χ4v) is 2.95. The number of nitrogens with one attached hydrogen (secondary N) is 1. The van der Waals surface area contributed by atoms with Gasteiger partial charge >= 0.3 is 0 Å². The molecule has 1 aromatic rings. The molecule has 0 radical (unpaired) electrons. The predicted molar refractivity (Wildman–Crippen MR) is 64.0 cm³/mol. The van der Waals surface area contributed by atoms with Gasteiger partial charge in [-0.3, -0.25) is 4.98 Å². The molecule has 3 nitrogen and oxygen atoms in total. The van der Waals surface area contributed by atoms with E-state index in [1.54, 1.807) is 0 Å². The third-order valence-electron chi connectivity index (χ3n) is 3.95. The number of nitrogens with zero attached hydrogens (tertiary/aromatic N) is 2. The molecule has 3 saturated heterocycles. The monoisotopic (exact) mass is 217 g/mol. The van der Waals surface area contributed by atoms with Gasteiger partial charge in [-0.2, -0.15) is 0 Å². The first kappa shape index (κ1) is 10.2. The zero-order chi connectivity index (χ0) is 10.8. The Hall–Kier alpha value is -0.930. The van der Waals surface area contributed by atoms with Gasteiger partial charge in [0.15, 0.2) is 0 Å². The Bertz CT molecular complexity index is 330. The van der Waals surface area contributed by atoms with E-state index in [-0.39, 0.29) is 0 Å². The normalized spacial score (nSPS) is 32.9. The zero-order valence-corrected chi connectivity index (χ0v) is 9.60. The molecule has 0 unspecified atom stereocenters. The van der Waals surface area contributed by atoms with Gasteiger partial charge in [-0.15, -0.1) is 0 Å². The van der Waals surface area contributed by atoms with Crippen LogP contribution in [-0.4, -0.2) is 35.6 Å². The molecule has 86 valence electrons. The van der Waals surface area contributed by atoms with E-state index in [2.05, 4.69) is 21.3 Å². The highest BCUT2D eigenvalue weighted by atomic mass is 15.2. The van der Waals surface area contributed by atoms with E-state index < -0.39 is 0 Å². The fourth-order valence-electron chi connectivity index (χ4n) is 2.95. The molecular formula is C13H19N3. The molecule has 0 aliphatic carbocycles. The lowest BCUT2D eigenvalue weighted by Crippen LogP contribution is -2.55. The number of hydrogen-bond acceptors (Lipinski definition) is 3. The highest BCUT2D eigenvalue weighted by molar-refractivity contribution is 5.08. The van der Waals surface area contributed by atoms with Crippen LogP contribution < -0.4 is 5.32 Å². The summed E-state index contributed by atoms with van der Waals surface area (Å²) in [6, 6.07) is 4.84. The van der Waals surface area contributed by atoms with Crippen LogP contribution in [0.4, 0.5) is 0 Å². The molecule has 3 aliphatic heterocycles. The Balaban J connectivity index is 1.56. The van der Waals surface area contributed by atoms with E-state index in [1.807, 2.05) is 18.5 Å². The molecule has 3 aliphatic rings. The number of rotatable bonds is 3. The van der Waals surface area contributed by atoms with E-state index in [9.17, 15) is 0 Å². The van der Waals surface area contributed by atoms with Crippen molar-refractivity contribution in [2.75, 3.05) is 19.6 Å².